The molecule has 0 atom stereocenters. The van der Waals surface area contributed by atoms with Gasteiger partial charge in [-0.3, -0.25) is 10.1 Å². The zero-order valence-electron chi connectivity index (χ0n) is 11.2. The van der Waals surface area contributed by atoms with Crippen molar-refractivity contribution in [1.82, 2.24) is 4.98 Å². The van der Waals surface area contributed by atoms with Gasteiger partial charge in [0.15, 0.2) is 11.3 Å². The van der Waals surface area contributed by atoms with Crippen LogP contribution in [0.15, 0.2) is 54.0 Å². The molecular formula is C15H10ClN3O2S. The molecule has 0 aliphatic heterocycles. The molecule has 1 amide bonds. The average molecular weight is 332 g/mol. The first-order chi connectivity index (χ1) is 10.6. The zero-order chi connectivity index (χ0) is 15.5. The van der Waals surface area contributed by atoms with E-state index in [-0.39, 0.29) is 5.69 Å². The third kappa shape index (κ3) is 2.93. The first-order valence-electron chi connectivity index (χ1n) is 6.35. The van der Waals surface area contributed by atoms with Gasteiger partial charge in [0.05, 0.1) is 5.69 Å². The van der Waals surface area contributed by atoms with Crippen LogP contribution in [0, 0.1) is 5.21 Å². The minimum absolute atomic E-state index is 0.0111. The van der Waals surface area contributed by atoms with Crippen LogP contribution in [-0.4, -0.2) is 10.9 Å². The van der Waals surface area contributed by atoms with Crippen LogP contribution in [0.25, 0.3) is 11.3 Å². The van der Waals surface area contributed by atoms with Gasteiger partial charge in [-0.25, -0.2) is 4.98 Å². The SMILES string of the molecule is O=C(Nc1nc(-c2ccccc2Cl)cs1)c1cccc[n+]1[O-]. The maximum atomic E-state index is 12.1. The zero-order valence-corrected chi connectivity index (χ0v) is 12.8. The van der Waals surface area contributed by atoms with Crippen LogP contribution in [-0.2, 0) is 0 Å². The number of aromatic nitrogens is 2. The lowest BCUT2D eigenvalue weighted by atomic mass is 10.2. The molecule has 1 N–H and O–H groups in total. The van der Waals surface area contributed by atoms with Gasteiger partial charge < -0.3 is 5.21 Å². The Morgan fingerprint density at radius 2 is 2.00 bits per heavy atom. The van der Waals surface area contributed by atoms with Crippen LogP contribution in [0.4, 0.5) is 5.13 Å². The maximum absolute atomic E-state index is 12.1. The Kier molecular flexibility index (Phi) is 4.04. The van der Waals surface area contributed by atoms with Crippen molar-refractivity contribution in [3.8, 4) is 11.3 Å². The topological polar surface area (TPSA) is 68.9 Å². The molecule has 5 nitrogen and oxygen atoms in total. The molecule has 0 saturated heterocycles. The fourth-order valence-electron chi connectivity index (χ4n) is 1.89. The van der Waals surface area contributed by atoms with Crippen molar-refractivity contribution in [2.45, 2.75) is 0 Å². The van der Waals surface area contributed by atoms with Gasteiger partial charge in [-0.05, 0) is 12.1 Å². The van der Waals surface area contributed by atoms with Gasteiger partial charge in [0.1, 0.15) is 0 Å². The van der Waals surface area contributed by atoms with Crippen LogP contribution in [0.2, 0.25) is 5.02 Å². The van der Waals surface area contributed by atoms with Crippen LogP contribution in [0.1, 0.15) is 10.5 Å². The van der Waals surface area contributed by atoms with E-state index in [0.717, 1.165) is 5.56 Å². The predicted molar refractivity (Wildman–Crippen MR) is 85.9 cm³/mol. The molecule has 7 heteroatoms. The third-order valence-corrected chi connectivity index (χ3v) is 4.02. The van der Waals surface area contributed by atoms with Gasteiger partial charge in [0.2, 0.25) is 0 Å². The monoisotopic (exact) mass is 331 g/mol. The highest BCUT2D eigenvalue weighted by atomic mass is 35.5. The molecule has 110 valence electrons. The summed E-state index contributed by atoms with van der Waals surface area (Å²) in [6.07, 6.45) is 1.27. The van der Waals surface area contributed by atoms with Gasteiger partial charge in [-0.15, -0.1) is 11.3 Å². The van der Waals surface area contributed by atoms with Crippen molar-refractivity contribution in [2.75, 3.05) is 5.32 Å². The second-order valence-electron chi connectivity index (χ2n) is 4.38. The number of amides is 1. The standard InChI is InChI=1S/C15H10ClN3O2S/c16-11-6-2-1-5-10(11)12-9-22-15(17-12)18-14(20)13-7-3-4-8-19(13)21/h1-9H,(H,17,18,20). The fourth-order valence-corrected chi connectivity index (χ4v) is 2.83. The normalized spacial score (nSPS) is 10.4. The number of hydrogen-bond donors (Lipinski definition) is 1. The van der Waals surface area contributed by atoms with E-state index in [4.69, 9.17) is 11.6 Å². The summed E-state index contributed by atoms with van der Waals surface area (Å²) in [5.41, 5.74) is 1.48. The number of nitrogens with one attached hydrogen (secondary N) is 1. The molecule has 0 aliphatic carbocycles. The molecule has 3 rings (SSSR count). The Hall–Kier alpha value is -2.44. The van der Waals surface area contributed by atoms with Crippen molar-refractivity contribution in [3.05, 3.63) is 70.0 Å². The predicted octanol–water partition coefficient (Wildman–Crippen LogP) is 3.35. The van der Waals surface area contributed by atoms with E-state index >= 15 is 0 Å². The molecule has 2 heterocycles. The smallest absolute Gasteiger partial charge is 0.323 e. The molecule has 0 radical (unpaired) electrons. The van der Waals surface area contributed by atoms with Gasteiger partial charge in [0.25, 0.3) is 5.69 Å². The van der Waals surface area contributed by atoms with Gasteiger partial charge >= 0.3 is 5.91 Å². The average Bonchev–Trinajstić information content (AvgIpc) is 2.96. The number of anilines is 1. The molecule has 0 bridgehead atoms. The van der Waals surface area contributed by atoms with Gasteiger partial charge in [0, 0.05) is 28.1 Å². The molecular weight excluding hydrogens is 322 g/mol. The molecule has 0 fully saturated rings. The highest BCUT2D eigenvalue weighted by Gasteiger charge is 2.17. The number of carbonyl (C=O) groups excluding carboxylic acids is 1. The highest BCUT2D eigenvalue weighted by Crippen LogP contribution is 2.30. The summed E-state index contributed by atoms with van der Waals surface area (Å²) in [5.74, 6) is -0.504. The number of benzene rings is 1. The summed E-state index contributed by atoms with van der Waals surface area (Å²) in [4.78, 5) is 16.4. The minimum atomic E-state index is -0.504. The molecule has 2 aromatic heterocycles. The van der Waals surface area contributed by atoms with E-state index < -0.39 is 5.91 Å². The first kappa shape index (κ1) is 14.5. The van der Waals surface area contributed by atoms with Crippen LogP contribution < -0.4 is 10.0 Å². The van der Waals surface area contributed by atoms with E-state index in [1.165, 1.54) is 23.6 Å². The Morgan fingerprint density at radius 1 is 1.23 bits per heavy atom. The number of nitrogens with zero attached hydrogens (tertiary/aromatic N) is 2. The van der Waals surface area contributed by atoms with Crippen molar-refractivity contribution in [2.24, 2.45) is 0 Å². The lowest BCUT2D eigenvalue weighted by Crippen LogP contribution is -2.36. The van der Waals surface area contributed by atoms with Crippen molar-refractivity contribution in [1.29, 1.82) is 0 Å². The molecule has 0 aliphatic rings. The molecule has 3 aromatic rings. The summed E-state index contributed by atoms with van der Waals surface area (Å²) in [5, 5.41) is 17.0. The molecule has 0 saturated carbocycles. The summed E-state index contributed by atoms with van der Waals surface area (Å²) in [6, 6.07) is 12.0. The second kappa shape index (κ2) is 6.13. The van der Waals surface area contributed by atoms with E-state index in [9.17, 15) is 10.0 Å². The number of thiazole rings is 1. The van der Waals surface area contributed by atoms with E-state index in [1.807, 2.05) is 18.2 Å². The molecule has 1 aromatic carbocycles. The van der Waals surface area contributed by atoms with E-state index in [0.29, 0.717) is 20.6 Å². The van der Waals surface area contributed by atoms with Crippen molar-refractivity contribution in [3.63, 3.8) is 0 Å². The number of hydrogen-bond acceptors (Lipinski definition) is 4. The Morgan fingerprint density at radius 3 is 2.77 bits per heavy atom. The number of pyridine rings is 1. The fraction of sp³-hybridized carbons (Fsp3) is 0. The first-order valence-corrected chi connectivity index (χ1v) is 7.61. The lowest BCUT2D eigenvalue weighted by Gasteiger charge is -2.03. The largest absolute Gasteiger partial charge is 0.618 e. The maximum Gasteiger partial charge on any atom is 0.323 e. The summed E-state index contributed by atoms with van der Waals surface area (Å²) < 4.78 is 0.512. The quantitative estimate of drug-likeness (QED) is 0.591. The number of rotatable bonds is 3. The highest BCUT2D eigenvalue weighted by molar-refractivity contribution is 7.14. The number of carbonyl (C=O) groups is 1. The summed E-state index contributed by atoms with van der Waals surface area (Å²) in [7, 11) is 0. The molecule has 0 unspecified atom stereocenters. The van der Waals surface area contributed by atoms with Crippen LogP contribution in [0.3, 0.4) is 0 Å². The van der Waals surface area contributed by atoms with Crippen LogP contribution in [0.5, 0.6) is 0 Å². The van der Waals surface area contributed by atoms with Gasteiger partial charge in [-0.2, -0.15) is 4.73 Å². The summed E-state index contributed by atoms with van der Waals surface area (Å²) in [6.45, 7) is 0. The summed E-state index contributed by atoms with van der Waals surface area (Å²) >= 11 is 7.39. The lowest BCUT2D eigenvalue weighted by molar-refractivity contribution is -0.607. The van der Waals surface area contributed by atoms with Crippen molar-refractivity contribution >= 4 is 34.0 Å². The van der Waals surface area contributed by atoms with Crippen LogP contribution >= 0.6 is 22.9 Å². The third-order valence-electron chi connectivity index (χ3n) is 2.93. The van der Waals surface area contributed by atoms with Gasteiger partial charge in [-0.1, -0.05) is 29.8 Å². The Balaban J connectivity index is 1.82. The van der Waals surface area contributed by atoms with E-state index in [2.05, 4.69) is 10.3 Å². The Bertz CT molecular complexity index is 835. The van der Waals surface area contributed by atoms with E-state index in [1.54, 1.807) is 23.6 Å². The molecule has 0 spiro atoms. The Labute approximate surface area is 135 Å². The number of halogens is 1. The second-order valence-corrected chi connectivity index (χ2v) is 5.65. The van der Waals surface area contributed by atoms with Crippen molar-refractivity contribution < 1.29 is 9.52 Å². The molecule has 22 heavy (non-hydrogen) atoms. The minimum Gasteiger partial charge on any atom is -0.618 e.